The summed E-state index contributed by atoms with van der Waals surface area (Å²) in [5.41, 5.74) is 7.67. The van der Waals surface area contributed by atoms with Crippen LogP contribution in [0.4, 0.5) is 11.6 Å². The van der Waals surface area contributed by atoms with E-state index < -0.39 is 0 Å². The van der Waals surface area contributed by atoms with Crippen molar-refractivity contribution in [3.8, 4) is 0 Å². The van der Waals surface area contributed by atoms with E-state index in [4.69, 9.17) is 5.73 Å². The Morgan fingerprint density at radius 2 is 1.67 bits per heavy atom. The van der Waals surface area contributed by atoms with Crippen LogP contribution in [0.1, 0.15) is 33.6 Å². The molecule has 1 heterocycles. The molecule has 0 aliphatic carbocycles. The van der Waals surface area contributed by atoms with Crippen LogP contribution in [-0.4, -0.2) is 15.5 Å². The third kappa shape index (κ3) is 2.37. The Labute approximate surface area is 108 Å². The fourth-order valence-corrected chi connectivity index (χ4v) is 1.82. The van der Waals surface area contributed by atoms with Gasteiger partial charge in [0.05, 0.1) is 11.0 Å². The lowest BCUT2D eigenvalue weighted by Crippen LogP contribution is -2.33. The number of hydrogen-bond donors (Lipinski definition) is 2. The molecule has 3 N–H and O–H groups in total. The first kappa shape index (κ1) is 12.6. The molecule has 4 nitrogen and oxygen atoms in total. The molecule has 0 amide bonds. The van der Waals surface area contributed by atoms with Gasteiger partial charge in [0.25, 0.3) is 0 Å². The van der Waals surface area contributed by atoms with Gasteiger partial charge in [0.15, 0.2) is 11.6 Å². The summed E-state index contributed by atoms with van der Waals surface area (Å²) in [6.07, 6.45) is 2.02. The quantitative estimate of drug-likeness (QED) is 0.866. The number of nitrogen functional groups attached to an aromatic ring is 1. The predicted octanol–water partition coefficient (Wildman–Crippen LogP) is 3.20. The van der Waals surface area contributed by atoms with E-state index in [2.05, 4.69) is 36.1 Å². The van der Waals surface area contributed by atoms with E-state index in [0.29, 0.717) is 11.6 Å². The molecule has 2 aromatic rings. The predicted molar refractivity (Wildman–Crippen MR) is 76.6 cm³/mol. The average molecular weight is 244 g/mol. The second-order valence-corrected chi connectivity index (χ2v) is 4.84. The maximum atomic E-state index is 5.97. The Morgan fingerprint density at radius 3 is 2.22 bits per heavy atom. The van der Waals surface area contributed by atoms with Crippen LogP contribution in [0.25, 0.3) is 11.0 Å². The number of benzene rings is 1. The molecule has 0 saturated carbocycles. The van der Waals surface area contributed by atoms with Crippen molar-refractivity contribution in [2.45, 2.75) is 39.2 Å². The first-order valence-electron chi connectivity index (χ1n) is 6.38. The van der Waals surface area contributed by atoms with Gasteiger partial charge < -0.3 is 11.1 Å². The van der Waals surface area contributed by atoms with Crippen molar-refractivity contribution >= 4 is 22.7 Å². The normalized spacial score (nSPS) is 11.7. The fraction of sp³-hybridized carbons (Fsp3) is 0.429. The Morgan fingerprint density at radius 1 is 1.11 bits per heavy atom. The van der Waals surface area contributed by atoms with Gasteiger partial charge in [0.2, 0.25) is 0 Å². The van der Waals surface area contributed by atoms with Gasteiger partial charge in [-0.05, 0) is 31.9 Å². The van der Waals surface area contributed by atoms with E-state index in [0.717, 1.165) is 23.9 Å². The van der Waals surface area contributed by atoms with Crippen LogP contribution >= 0.6 is 0 Å². The summed E-state index contributed by atoms with van der Waals surface area (Å²) < 4.78 is 0. The minimum Gasteiger partial charge on any atom is -0.381 e. The van der Waals surface area contributed by atoms with Gasteiger partial charge in [0, 0.05) is 5.54 Å². The first-order chi connectivity index (χ1) is 8.58. The Kier molecular flexibility index (Phi) is 3.36. The van der Waals surface area contributed by atoms with E-state index in [1.807, 2.05) is 24.3 Å². The maximum absolute atomic E-state index is 5.97. The topological polar surface area (TPSA) is 63.8 Å². The highest BCUT2D eigenvalue weighted by molar-refractivity contribution is 5.79. The van der Waals surface area contributed by atoms with E-state index in [1.165, 1.54) is 0 Å². The van der Waals surface area contributed by atoms with Crippen LogP contribution in [0.2, 0.25) is 0 Å². The van der Waals surface area contributed by atoms with Crippen molar-refractivity contribution in [2.75, 3.05) is 11.1 Å². The third-order valence-corrected chi connectivity index (χ3v) is 3.58. The average Bonchev–Trinajstić information content (AvgIpc) is 2.39. The van der Waals surface area contributed by atoms with Crippen molar-refractivity contribution in [3.05, 3.63) is 24.3 Å². The second-order valence-electron chi connectivity index (χ2n) is 4.84. The lowest BCUT2D eigenvalue weighted by atomic mass is 9.96. The molecule has 0 saturated heterocycles. The molecule has 0 bridgehead atoms. The lowest BCUT2D eigenvalue weighted by Gasteiger charge is -2.29. The molecule has 0 spiro atoms. The number of anilines is 2. The summed E-state index contributed by atoms with van der Waals surface area (Å²) in [5, 5.41) is 3.42. The summed E-state index contributed by atoms with van der Waals surface area (Å²) in [4.78, 5) is 8.94. The summed E-state index contributed by atoms with van der Waals surface area (Å²) in [7, 11) is 0. The SMILES string of the molecule is CCC(C)(CC)Nc1nc2ccccc2nc1N. The zero-order chi connectivity index (χ0) is 13.2. The van der Waals surface area contributed by atoms with Gasteiger partial charge in [0.1, 0.15) is 0 Å². The van der Waals surface area contributed by atoms with E-state index >= 15 is 0 Å². The Bertz CT molecular complexity index is 546. The third-order valence-electron chi connectivity index (χ3n) is 3.58. The van der Waals surface area contributed by atoms with Gasteiger partial charge in [-0.25, -0.2) is 9.97 Å². The smallest absolute Gasteiger partial charge is 0.169 e. The van der Waals surface area contributed by atoms with Crippen LogP contribution < -0.4 is 11.1 Å². The number of fused-ring (bicyclic) bond motifs is 1. The van der Waals surface area contributed by atoms with Crippen molar-refractivity contribution in [2.24, 2.45) is 0 Å². The molecule has 2 rings (SSSR count). The highest BCUT2D eigenvalue weighted by Crippen LogP contribution is 2.25. The molecule has 0 aliphatic rings. The van der Waals surface area contributed by atoms with Crippen LogP contribution in [0.3, 0.4) is 0 Å². The molecule has 0 radical (unpaired) electrons. The van der Waals surface area contributed by atoms with Gasteiger partial charge in [-0.2, -0.15) is 0 Å². The molecular weight excluding hydrogens is 224 g/mol. The van der Waals surface area contributed by atoms with Gasteiger partial charge in [-0.15, -0.1) is 0 Å². The van der Waals surface area contributed by atoms with Gasteiger partial charge in [-0.3, -0.25) is 0 Å². The molecule has 1 aromatic carbocycles. The van der Waals surface area contributed by atoms with Crippen LogP contribution in [0, 0.1) is 0 Å². The fourth-order valence-electron chi connectivity index (χ4n) is 1.82. The van der Waals surface area contributed by atoms with Crippen LogP contribution in [-0.2, 0) is 0 Å². The number of hydrogen-bond acceptors (Lipinski definition) is 4. The zero-order valence-electron chi connectivity index (χ0n) is 11.2. The number of nitrogens with one attached hydrogen (secondary N) is 1. The molecule has 18 heavy (non-hydrogen) atoms. The van der Waals surface area contributed by atoms with E-state index in [-0.39, 0.29) is 5.54 Å². The summed E-state index contributed by atoms with van der Waals surface area (Å²) in [6, 6.07) is 7.76. The number of nitrogens with two attached hydrogens (primary N) is 1. The Hall–Kier alpha value is -1.84. The van der Waals surface area contributed by atoms with Gasteiger partial charge in [-0.1, -0.05) is 26.0 Å². The van der Waals surface area contributed by atoms with Crippen molar-refractivity contribution in [1.29, 1.82) is 0 Å². The first-order valence-corrected chi connectivity index (χ1v) is 6.38. The molecular formula is C14H20N4. The van der Waals surface area contributed by atoms with E-state index in [1.54, 1.807) is 0 Å². The molecule has 0 atom stereocenters. The molecule has 0 fully saturated rings. The maximum Gasteiger partial charge on any atom is 0.169 e. The minimum atomic E-state index is 0.00522. The van der Waals surface area contributed by atoms with E-state index in [9.17, 15) is 0 Å². The van der Waals surface area contributed by atoms with Crippen molar-refractivity contribution < 1.29 is 0 Å². The Balaban J connectivity index is 2.42. The van der Waals surface area contributed by atoms with Crippen molar-refractivity contribution in [1.82, 2.24) is 9.97 Å². The number of rotatable bonds is 4. The number of para-hydroxylation sites is 2. The monoisotopic (exact) mass is 244 g/mol. The second kappa shape index (κ2) is 4.80. The lowest BCUT2D eigenvalue weighted by molar-refractivity contribution is 0.477. The highest BCUT2D eigenvalue weighted by Gasteiger charge is 2.21. The summed E-state index contributed by atoms with van der Waals surface area (Å²) >= 11 is 0. The minimum absolute atomic E-state index is 0.00522. The highest BCUT2D eigenvalue weighted by atomic mass is 15.1. The standard InChI is InChI=1S/C14H20N4/c1-4-14(3,5-2)18-13-12(15)16-10-8-6-7-9-11(10)17-13/h6-9H,4-5H2,1-3H3,(H2,15,16)(H,17,18). The summed E-state index contributed by atoms with van der Waals surface area (Å²) in [5.74, 6) is 1.14. The van der Waals surface area contributed by atoms with Gasteiger partial charge >= 0.3 is 0 Å². The van der Waals surface area contributed by atoms with Crippen molar-refractivity contribution in [3.63, 3.8) is 0 Å². The largest absolute Gasteiger partial charge is 0.381 e. The number of aromatic nitrogens is 2. The molecule has 96 valence electrons. The molecule has 4 heteroatoms. The number of nitrogens with zero attached hydrogens (tertiary/aromatic N) is 2. The molecule has 0 aliphatic heterocycles. The van der Waals surface area contributed by atoms with Crippen LogP contribution in [0.15, 0.2) is 24.3 Å². The zero-order valence-corrected chi connectivity index (χ0v) is 11.2. The van der Waals surface area contributed by atoms with Crippen LogP contribution in [0.5, 0.6) is 0 Å². The molecule has 0 unspecified atom stereocenters. The summed E-state index contributed by atoms with van der Waals surface area (Å²) in [6.45, 7) is 6.48. The molecule has 1 aromatic heterocycles.